The van der Waals surface area contributed by atoms with E-state index in [-0.39, 0.29) is 5.41 Å². The molecular formula is C12H21N. The van der Waals surface area contributed by atoms with Gasteiger partial charge < -0.3 is 0 Å². The molecule has 0 N–H and O–H groups in total. The molecule has 0 saturated heterocycles. The summed E-state index contributed by atoms with van der Waals surface area (Å²) >= 11 is 0. The number of allylic oxidation sites excluding steroid dienone is 2. The van der Waals surface area contributed by atoms with E-state index in [0.29, 0.717) is 11.8 Å². The molecule has 1 heteroatoms. The first-order chi connectivity index (χ1) is 5.90. The zero-order valence-corrected chi connectivity index (χ0v) is 9.68. The van der Waals surface area contributed by atoms with E-state index in [9.17, 15) is 5.26 Å². The first kappa shape index (κ1) is 12.2. The Labute approximate surface area is 82.5 Å². The fourth-order valence-corrected chi connectivity index (χ4v) is 1.45. The SMILES string of the molecule is C/C=C(\C)[C@H](C)[C@@](C)(C#N)C(C)C. The summed E-state index contributed by atoms with van der Waals surface area (Å²) in [6, 6.07) is 2.45. The quantitative estimate of drug-likeness (QED) is 0.605. The van der Waals surface area contributed by atoms with Crippen LogP contribution in [0.4, 0.5) is 0 Å². The van der Waals surface area contributed by atoms with E-state index >= 15 is 0 Å². The molecule has 0 bridgehead atoms. The first-order valence-corrected chi connectivity index (χ1v) is 4.94. The lowest BCUT2D eigenvalue weighted by Crippen LogP contribution is -2.30. The van der Waals surface area contributed by atoms with Gasteiger partial charge in [-0.2, -0.15) is 5.26 Å². The minimum absolute atomic E-state index is 0.239. The highest BCUT2D eigenvalue weighted by Crippen LogP contribution is 2.38. The zero-order valence-electron chi connectivity index (χ0n) is 9.68. The number of hydrogen-bond acceptors (Lipinski definition) is 1. The van der Waals surface area contributed by atoms with E-state index < -0.39 is 0 Å². The van der Waals surface area contributed by atoms with Gasteiger partial charge in [0, 0.05) is 0 Å². The zero-order chi connectivity index (χ0) is 10.6. The topological polar surface area (TPSA) is 23.8 Å². The lowest BCUT2D eigenvalue weighted by Gasteiger charge is -2.33. The molecule has 74 valence electrons. The molecule has 0 unspecified atom stereocenters. The van der Waals surface area contributed by atoms with Crippen molar-refractivity contribution in [3.8, 4) is 6.07 Å². The highest BCUT2D eigenvalue weighted by atomic mass is 14.4. The van der Waals surface area contributed by atoms with Gasteiger partial charge in [-0.3, -0.25) is 0 Å². The lowest BCUT2D eigenvalue weighted by molar-refractivity contribution is 0.230. The lowest BCUT2D eigenvalue weighted by atomic mass is 9.68. The van der Waals surface area contributed by atoms with Crippen molar-refractivity contribution < 1.29 is 0 Å². The molecule has 0 saturated carbocycles. The summed E-state index contributed by atoms with van der Waals surface area (Å²) in [5.41, 5.74) is 1.06. The molecule has 0 aromatic carbocycles. The summed E-state index contributed by atoms with van der Waals surface area (Å²) in [4.78, 5) is 0. The summed E-state index contributed by atoms with van der Waals surface area (Å²) < 4.78 is 0. The Kier molecular flexibility index (Phi) is 4.20. The summed E-state index contributed by atoms with van der Waals surface area (Å²) in [7, 11) is 0. The van der Waals surface area contributed by atoms with Crippen LogP contribution in [0.3, 0.4) is 0 Å². The van der Waals surface area contributed by atoms with Crippen LogP contribution in [0.25, 0.3) is 0 Å². The van der Waals surface area contributed by atoms with Gasteiger partial charge in [-0.05, 0) is 32.6 Å². The van der Waals surface area contributed by atoms with Crippen molar-refractivity contribution in [2.45, 2.75) is 41.5 Å². The van der Waals surface area contributed by atoms with E-state index in [1.54, 1.807) is 0 Å². The standard InChI is InChI=1S/C12H21N/c1-7-10(4)11(5)12(6,8-13)9(2)3/h7,9,11H,1-6H3/b10-7+/t11-,12-/m0/s1. The van der Waals surface area contributed by atoms with Gasteiger partial charge >= 0.3 is 0 Å². The van der Waals surface area contributed by atoms with E-state index in [4.69, 9.17) is 0 Å². The van der Waals surface area contributed by atoms with Crippen LogP contribution >= 0.6 is 0 Å². The Balaban J connectivity index is 4.91. The van der Waals surface area contributed by atoms with Crippen LogP contribution < -0.4 is 0 Å². The largest absolute Gasteiger partial charge is 0.198 e. The molecule has 0 spiro atoms. The molecule has 0 aromatic rings. The van der Waals surface area contributed by atoms with Crippen molar-refractivity contribution in [3.05, 3.63) is 11.6 Å². The molecule has 0 radical (unpaired) electrons. The maximum Gasteiger partial charge on any atom is 0.0695 e. The first-order valence-electron chi connectivity index (χ1n) is 4.94. The molecule has 0 aliphatic rings. The third-order valence-electron chi connectivity index (χ3n) is 3.48. The van der Waals surface area contributed by atoms with Crippen molar-refractivity contribution in [3.63, 3.8) is 0 Å². The molecule has 0 aromatic heterocycles. The monoisotopic (exact) mass is 179 g/mol. The number of rotatable bonds is 3. The summed E-state index contributed by atoms with van der Waals surface area (Å²) in [6.07, 6.45) is 2.10. The summed E-state index contributed by atoms with van der Waals surface area (Å²) in [6.45, 7) is 12.5. The summed E-state index contributed by atoms with van der Waals surface area (Å²) in [5.74, 6) is 0.727. The fourth-order valence-electron chi connectivity index (χ4n) is 1.45. The van der Waals surface area contributed by atoms with Crippen molar-refractivity contribution in [2.24, 2.45) is 17.3 Å². The fraction of sp³-hybridized carbons (Fsp3) is 0.750. The van der Waals surface area contributed by atoms with Gasteiger partial charge in [0.25, 0.3) is 0 Å². The Morgan fingerprint density at radius 2 is 1.85 bits per heavy atom. The molecule has 0 rings (SSSR count). The number of hydrogen-bond donors (Lipinski definition) is 0. The Morgan fingerprint density at radius 3 is 2.08 bits per heavy atom. The third-order valence-corrected chi connectivity index (χ3v) is 3.48. The van der Waals surface area contributed by atoms with E-state index in [1.807, 2.05) is 6.92 Å². The predicted octanol–water partition coefficient (Wildman–Crippen LogP) is 3.77. The second-order valence-corrected chi connectivity index (χ2v) is 4.30. The Morgan fingerprint density at radius 1 is 1.38 bits per heavy atom. The minimum Gasteiger partial charge on any atom is -0.198 e. The van der Waals surface area contributed by atoms with Crippen molar-refractivity contribution >= 4 is 0 Å². The van der Waals surface area contributed by atoms with E-state index in [0.717, 1.165) is 0 Å². The van der Waals surface area contributed by atoms with Crippen LogP contribution in [0, 0.1) is 28.6 Å². The van der Waals surface area contributed by atoms with Gasteiger partial charge in [0.05, 0.1) is 11.5 Å². The van der Waals surface area contributed by atoms with Gasteiger partial charge in [0.1, 0.15) is 0 Å². The number of nitrogens with zero attached hydrogens (tertiary/aromatic N) is 1. The highest BCUT2D eigenvalue weighted by molar-refractivity contribution is 5.13. The molecule has 0 heterocycles. The molecule has 0 fully saturated rings. The second-order valence-electron chi connectivity index (χ2n) is 4.30. The summed E-state index contributed by atoms with van der Waals surface area (Å²) in [5, 5.41) is 9.19. The van der Waals surface area contributed by atoms with E-state index in [1.165, 1.54) is 5.57 Å². The smallest absolute Gasteiger partial charge is 0.0695 e. The van der Waals surface area contributed by atoms with Gasteiger partial charge in [-0.15, -0.1) is 0 Å². The highest BCUT2D eigenvalue weighted by Gasteiger charge is 2.35. The molecule has 0 aliphatic carbocycles. The molecule has 0 amide bonds. The van der Waals surface area contributed by atoms with Crippen LogP contribution in [0.15, 0.2) is 11.6 Å². The van der Waals surface area contributed by atoms with Gasteiger partial charge in [-0.1, -0.05) is 32.4 Å². The molecule has 13 heavy (non-hydrogen) atoms. The second kappa shape index (κ2) is 4.46. The van der Waals surface area contributed by atoms with Crippen LogP contribution in [0.2, 0.25) is 0 Å². The van der Waals surface area contributed by atoms with Crippen LogP contribution in [-0.4, -0.2) is 0 Å². The van der Waals surface area contributed by atoms with Crippen LogP contribution in [0.1, 0.15) is 41.5 Å². The third kappa shape index (κ3) is 2.34. The maximum atomic E-state index is 9.19. The molecule has 2 atom stereocenters. The molecule has 0 aliphatic heterocycles. The van der Waals surface area contributed by atoms with Crippen LogP contribution in [0.5, 0.6) is 0 Å². The van der Waals surface area contributed by atoms with Gasteiger partial charge in [0.15, 0.2) is 0 Å². The predicted molar refractivity (Wildman–Crippen MR) is 57.2 cm³/mol. The average molecular weight is 179 g/mol. The van der Waals surface area contributed by atoms with Gasteiger partial charge in [0.2, 0.25) is 0 Å². The average Bonchev–Trinajstić information content (AvgIpc) is 2.13. The minimum atomic E-state index is -0.239. The Hall–Kier alpha value is -0.770. The maximum absolute atomic E-state index is 9.19. The normalized spacial score (nSPS) is 19.4. The number of nitriles is 1. The van der Waals surface area contributed by atoms with Crippen molar-refractivity contribution in [2.75, 3.05) is 0 Å². The van der Waals surface area contributed by atoms with Gasteiger partial charge in [-0.25, -0.2) is 0 Å². The molecule has 1 nitrogen and oxygen atoms in total. The van der Waals surface area contributed by atoms with Crippen molar-refractivity contribution in [1.29, 1.82) is 5.26 Å². The molecular weight excluding hydrogens is 158 g/mol. The Bertz CT molecular complexity index is 232. The van der Waals surface area contributed by atoms with E-state index in [2.05, 4.69) is 46.8 Å². The van der Waals surface area contributed by atoms with Crippen LogP contribution in [-0.2, 0) is 0 Å². The van der Waals surface area contributed by atoms with Crippen molar-refractivity contribution in [1.82, 2.24) is 0 Å².